The van der Waals surface area contributed by atoms with Crippen molar-refractivity contribution in [3.8, 4) is 17.6 Å². The number of ether oxygens (including phenoxy) is 1. The molecule has 0 heterocycles. The minimum atomic E-state index is -0.642. The maximum absolute atomic E-state index is 10.8. The predicted molar refractivity (Wildman–Crippen MR) is 69.7 cm³/mol. The molecule has 0 aromatic heterocycles. The zero-order valence-corrected chi connectivity index (χ0v) is 10.1. The molecule has 0 saturated carbocycles. The Hall–Kier alpha value is -3.20. The fourth-order valence-electron chi connectivity index (χ4n) is 1.63. The third kappa shape index (κ3) is 2.62. The molecular formula is C14H8N2O4. The van der Waals surface area contributed by atoms with Crippen LogP contribution < -0.4 is 4.74 Å². The van der Waals surface area contributed by atoms with E-state index in [1.807, 2.05) is 6.07 Å². The highest BCUT2D eigenvalue weighted by Crippen LogP contribution is 2.28. The van der Waals surface area contributed by atoms with Crippen LogP contribution in [0, 0.1) is 21.4 Å². The van der Waals surface area contributed by atoms with Crippen LogP contribution in [0.25, 0.3) is 0 Å². The Morgan fingerprint density at radius 3 is 2.65 bits per heavy atom. The molecule has 6 nitrogen and oxygen atoms in total. The van der Waals surface area contributed by atoms with E-state index < -0.39 is 4.92 Å². The quantitative estimate of drug-likeness (QED) is 0.482. The van der Waals surface area contributed by atoms with Crippen molar-refractivity contribution in [2.45, 2.75) is 0 Å². The van der Waals surface area contributed by atoms with Crippen molar-refractivity contribution < 1.29 is 14.5 Å². The summed E-state index contributed by atoms with van der Waals surface area (Å²) >= 11 is 0. The first-order chi connectivity index (χ1) is 9.65. The first-order valence-electron chi connectivity index (χ1n) is 5.56. The Labute approximate surface area is 114 Å². The van der Waals surface area contributed by atoms with Gasteiger partial charge in [-0.15, -0.1) is 0 Å². The number of nitro benzene ring substituents is 1. The third-order valence-corrected chi connectivity index (χ3v) is 2.56. The highest BCUT2D eigenvalue weighted by Gasteiger charge is 2.14. The normalized spacial score (nSPS) is 9.55. The number of carbonyl (C=O) groups excluding carboxylic acids is 1. The largest absolute Gasteiger partial charge is 0.456 e. The highest BCUT2D eigenvalue weighted by molar-refractivity contribution is 5.82. The molecule has 6 heteroatoms. The maximum atomic E-state index is 10.8. The number of hydrogen-bond acceptors (Lipinski definition) is 5. The summed E-state index contributed by atoms with van der Waals surface area (Å²) in [5, 5.41) is 19.7. The molecule has 0 fully saturated rings. The molecule has 2 rings (SSSR count). The molecule has 0 radical (unpaired) electrons. The van der Waals surface area contributed by atoms with Crippen LogP contribution in [0.15, 0.2) is 42.5 Å². The van der Waals surface area contributed by atoms with Crippen LogP contribution in [0.1, 0.15) is 15.9 Å². The molecule has 0 spiro atoms. The van der Waals surface area contributed by atoms with Crippen molar-refractivity contribution in [1.82, 2.24) is 0 Å². The minimum Gasteiger partial charge on any atom is -0.456 e. The van der Waals surface area contributed by atoms with E-state index in [-0.39, 0.29) is 17.0 Å². The first kappa shape index (κ1) is 13.2. The lowest BCUT2D eigenvalue weighted by Gasteiger charge is -2.07. The van der Waals surface area contributed by atoms with Crippen LogP contribution in [0.2, 0.25) is 0 Å². The van der Waals surface area contributed by atoms with Crippen LogP contribution >= 0.6 is 0 Å². The van der Waals surface area contributed by atoms with E-state index in [4.69, 9.17) is 10.00 Å². The van der Waals surface area contributed by atoms with Gasteiger partial charge in [0.05, 0.1) is 16.1 Å². The van der Waals surface area contributed by atoms with Crippen LogP contribution in [0.5, 0.6) is 11.5 Å². The van der Waals surface area contributed by atoms with E-state index in [2.05, 4.69) is 0 Å². The van der Waals surface area contributed by atoms with Gasteiger partial charge in [0, 0.05) is 6.07 Å². The molecular weight excluding hydrogens is 260 g/mol. The zero-order chi connectivity index (χ0) is 14.5. The third-order valence-electron chi connectivity index (χ3n) is 2.56. The number of nitriles is 1. The van der Waals surface area contributed by atoms with Gasteiger partial charge in [-0.2, -0.15) is 5.26 Å². The lowest BCUT2D eigenvalue weighted by molar-refractivity contribution is -0.385. The van der Waals surface area contributed by atoms with Gasteiger partial charge in [0.2, 0.25) is 0 Å². The molecule has 0 aliphatic rings. The molecule has 98 valence electrons. The number of rotatable bonds is 4. The van der Waals surface area contributed by atoms with Crippen molar-refractivity contribution in [3.63, 3.8) is 0 Å². The molecule has 2 aromatic rings. The average molecular weight is 268 g/mol. The number of nitrogens with zero attached hydrogens (tertiary/aromatic N) is 2. The van der Waals surface area contributed by atoms with Gasteiger partial charge in [-0.25, -0.2) is 0 Å². The summed E-state index contributed by atoms with van der Waals surface area (Å²) in [5.74, 6) is 0.570. The van der Waals surface area contributed by atoms with E-state index in [0.717, 1.165) is 0 Å². The number of para-hydroxylation sites is 1. The van der Waals surface area contributed by atoms with Gasteiger partial charge in [0.15, 0.2) is 6.29 Å². The molecule has 0 atom stereocenters. The van der Waals surface area contributed by atoms with Crippen LogP contribution in [0.3, 0.4) is 0 Å². The Morgan fingerprint density at radius 2 is 2.00 bits per heavy atom. The smallest absolute Gasteiger partial charge is 0.280 e. The van der Waals surface area contributed by atoms with Gasteiger partial charge in [0.1, 0.15) is 17.6 Å². The molecule has 0 amide bonds. The minimum absolute atomic E-state index is 0.0815. The van der Waals surface area contributed by atoms with E-state index in [1.165, 1.54) is 18.2 Å². The van der Waals surface area contributed by atoms with Crippen molar-refractivity contribution >= 4 is 12.0 Å². The van der Waals surface area contributed by atoms with Crippen molar-refractivity contribution in [2.75, 3.05) is 0 Å². The molecule has 0 aliphatic carbocycles. The number of nitro groups is 1. The van der Waals surface area contributed by atoms with E-state index in [9.17, 15) is 14.9 Å². The van der Waals surface area contributed by atoms with Crippen molar-refractivity contribution in [2.24, 2.45) is 0 Å². The molecule has 2 aromatic carbocycles. The van der Waals surface area contributed by atoms with Crippen LogP contribution in [0.4, 0.5) is 5.69 Å². The average Bonchev–Trinajstić information content (AvgIpc) is 2.47. The Morgan fingerprint density at radius 1 is 1.25 bits per heavy atom. The monoisotopic (exact) mass is 268 g/mol. The Bertz CT molecular complexity index is 719. The molecule has 0 saturated heterocycles. The second kappa shape index (κ2) is 5.63. The van der Waals surface area contributed by atoms with E-state index >= 15 is 0 Å². The molecule has 20 heavy (non-hydrogen) atoms. The summed E-state index contributed by atoms with van der Waals surface area (Å²) < 4.78 is 5.47. The van der Waals surface area contributed by atoms with Crippen molar-refractivity contribution in [3.05, 3.63) is 63.7 Å². The summed E-state index contributed by atoms with van der Waals surface area (Å²) in [4.78, 5) is 20.9. The summed E-state index contributed by atoms with van der Waals surface area (Å²) in [6, 6.07) is 12.4. The van der Waals surface area contributed by atoms with Crippen LogP contribution in [-0.2, 0) is 0 Å². The number of hydrogen-bond donors (Lipinski definition) is 0. The highest BCUT2D eigenvalue weighted by atomic mass is 16.6. The lowest BCUT2D eigenvalue weighted by Crippen LogP contribution is -1.95. The SMILES string of the molecule is N#Cc1ccccc1Oc1ccc([N+](=O)[O-])c(C=O)c1. The summed E-state index contributed by atoms with van der Waals surface area (Å²) in [6.45, 7) is 0. The number of benzene rings is 2. The van der Waals surface area contributed by atoms with Gasteiger partial charge < -0.3 is 4.74 Å². The van der Waals surface area contributed by atoms with Crippen LogP contribution in [-0.4, -0.2) is 11.2 Å². The number of carbonyl (C=O) groups is 1. The molecule has 0 bridgehead atoms. The maximum Gasteiger partial charge on any atom is 0.280 e. The topological polar surface area (TPSA) is 93.2 Å². The fourth-order valence-corrected chi connectivity index (χ4v) is 1.63. The van der Waals surface area contributed by atoms with Gasteiger partial charge >= 0.3 is 0 Å². The second-order valence-corrected chi connectivity index (χ2v) is 3.81. The summed E-state index contributed by atoms with van der Waals surface area (Å²) in [7, 11) is 0. The van der Waals surface area contributed by atoms with Gasteiger partial charge in [-0.05, 0) is 24.3 Å². The predicted octanol–water partition coefficient (Wildman–Crippen LogP) is 3.07. The molecule has 0 N–H and O–H groups in total. The fraction of sp³-hybridized carbons (Fsp3) is 0. The summed E-state index contributed by atoms with van der Waals surface area (Å²) in [5.41, 5.74) is -0.0404. The first-order valence-corrected chi connectivity index (χ1v) is 5.56. The van der Waals surface area contributed by atoms with Gasteiger partial charge in [0.25, 0.3) is 5.69 Å². The zero-order valence-electron chi connectivity index (χ0n) is 10.1. The van der Waals surface area contributed by atoms with Gasteiger partial charge in [-0.3, -0.25) is 14.9 Å². The Balaban J connectivity index is 2.38. The lowest BCUT2D eigenvalue weighted by atomic mass is 10.2. The number of aldehydes is 1. The Kier molecular flexibility index (Phi) is 3.72. The second-order valence-electron chi connectivity index (χ2n) is 3.81. The standard InChI is InChI=1S/C14H8N2O4/c15-8-10-3-1-2-4-14(10)20-12-5-6-13(16(18)19)11(7-12)9-17/h1-7,9H. The van der Waals surface area contributed by atoms with Crippen molar-refractivity contribution in [1.29, 1.82) is 5.26 Å². The molecule has 0 aliphatic heterocycles. The molecule has 0 unspecified atom stereocenters. The van der Waals surface area contributed by atoms with Gasteiger partial charge in [-0.1, -0.05) is 12.1 Å². The summed E-state index contributed by atoms with van der Waals surface area (Å²) in [6.07, 6.45) is 0.390. The van der Waals surface area contributed by atoms with E-state index in [0.29, 0.717) is 17.6 Å². The van der Waals surface area contributed by atoms with E-state index in [1.54, 1.807) is 24.3 Å².